The number of pyridine rings is 1. The number of aromatic nitrogens is 1. The molecule has 7 heteroatoms. The first-order chi connectivity index (χ1) is 8.02. The van der Waals surface area contributed by atoms with E-state index in [2.05, 4.69) is 20.9 Å². The number of nitrogens with one attached hydrogen (secondary N) is 1. The van der Waals surface area contributed by atoms with Gasteiger partial charge in [-0.15, -0.1) is 0 Å². The van der Waals surface area contributed by atoms with Crippen LogP contribution < -0.4 is 5.56 Å². The van der Waals surface area contributed by atoms with Crippen molar-refractivity contribution in [1.29, 1.82) is 5.26 Å². The van der Waals surface area contributed by atoms with Crippen molar-refractivity contribution in [2.24, 2.45) is 0 Å². The van der Waals surface area contributed by atoms with Crippen molar-refractivity contribution >= 4 is 32.5 Å². The molecule has 2 aromatic rings. The molecule has 17 heavy (non-hydrogen) atoms. The summed E-state index contributed by atoms with van der Waals surface area (Å²) in [4.78, 5) is 24.0. The number of nitriles is 1. The van der Waals surface area contributed by atoms with Crippen molar-refractivity contribution in [1.82, 2.24) is 4.98 Å². The monoisotopic (exact) mass is 293 g/mol. The van der Waals surface area contributed by atoms with Gasteiger partial charge in [-0.05, 0) is 28.1 Å². The van der Waals surface area contributed by atoms with Crippen molar-refractivity contribution < 1.29 is 4.92 Å². The zero-order valence-corrected chi connectivity index (χ0v) is 9.82. The van der Waals surface area contributed by atoms with E-state index in [0.717, 1.165) is 0 Å². The number of nitro benzene ring substituents is 1. The zero-order valence-electron chi connectivity index (χ0n) is 8.23. The Morgan fingerprint density at radius 2 is 2.12 bits per heavy atom. The molecule has 0 aliphatic rings. The molecule has 0 bridgehead atoms. The van der Waals surface area contributed by atoms with Gasteiger partial charge >= 0.3 is 0 Å². The molecular formula is C10H4BrN3O3. The Balaban J connectivity index is 2.86. The van der Waals surface area contributed by atoms with Crippen molar-refractivity contribution in [2.75, 3.05) is 0 Å². The third-order valence-corrected chi connectivity index (χ3v) is 2.86. The van der Waals surface area contributed by atoms with E-state index in [0.29, 0.717) is 10.9 Å². The van der Waals surface area contributed by atoms with Crippen LogP contribution in [0.3, 0.4) is 0 Å². The van der Waals surface area contributed by atoms with Gasteiger partial charge < -0.3 is 4.98 Å². The molecule has 0 atom stereocenters. The SMILES string of the molecule is N#Cc1cc2cc([N+](=O)[O-])c(Br)cc2[nH]c1=O. The summed E-state index contributed by atoms with van der Waals surface area (Å²) in [5.41, 5.74) is -0.269. The highest BCUT2D eigenvalue weighted by Crippen LogP contribution is 2.28. The topological polar surface area (TPSA) is 99.8 Å². The minimum atomic E-state index is -0.541. The molecule has 1 N–H and O–H groups in total. The number of halogens is 1. The molecular weight excluding hydrogens is 290 g/mol. The van der Waals surface area contributed by atoms with Gasteiger partial charge in [-0.1, -0.05) is 0 Å². The molecule has 1 aromatic heterocycles. The smallest absolute Gasteiger partial charge is 0.284 e. The molecule has 0 aliphatic carbocycles. The molecule has 1 heterocycles. The summed E-state index contributed by atoms with van der Waals surface area (Å²) in [7, 11) is 0. The molecule has 2 rings (SSSR count). The second kappa shape index (κ2) is 3.99. The first-order valence-corrected chi connectivity index (χ1v) is 5.23. The Hall–Kier alpha value is -2.20. The van der Waals surface area contributed by atoms with Gasteiger partial charge in [0, 0.05) is 17.0 Å². The molecule has 0 fully saturated rings. The molecule has 0 spiro atoms. The summed E-state index contributed by atoms with van der Waals surface area (Å²) in [5.74, 6) is 0. The summed E-state index contributed by atoms with van der Waals surface area (Å²) < 4.78 is 0.273. The lowest BCUT2D eigenvalue weighted by atomic mass is 10.1. The van der Waals surface area contributed by atoms with Crippen molar-refractivity contribution in [3.8, 4) is 6.07 Å². The number of hydrogen-bond donors (Lipinski definition) is 1. The van der Waals surface area contributed by atoms with Gasteiger partial charge in [0.1, 0.15) is 11.6 Å². The number of hydrogen-bond acceptors (Lipinski definition) is 4. The van der Waals surface area contributed by atoms with Crippen LogP contribution in [0.5, 0.6) is 0 Å². The van der Waals surface area contributed by atoms with Crippen molar-refractivity contribution in [3.63, 3.8) is 0 Å². The third kappa shape index (κ3) is 1.90. The second-order valence-corrected chi connectivity index (χ2v) is 4.13. The van der Waals surface area contributed by atoms with Crippen molar-refractivity contribution in [2.45, 2.75) is 0 Å². The van der Waals surface area contributed by atoms with E-state index in [-0.39, 0.29) is 15.7 Å². The van der Waals surface area contributed by atoms with Crippen LogP contribution in [0.1, 0.15) is 5.56 Å². The van der Waals surface area contributed by atoms with Crippen LogP contribution in [0.15, 0.2) is 27.5 Å². The van der Waals surface area contributed by atoms with Crippen LogP contribution in [0.2, 0.25) is 0 Å². The number of nitro groups is 1. The first kappa shape index (κ1) is 11.3. The van der Waals surface area contributed by atoms with E-state index in [9.17, 15) is 14.9 Å². The highest BCUT2D eigenvalue weighted by atomic mass is 79.9. The number of benzene rings is 1. The van der Waals surface area contributed by atoms with E-state index < -0.39 is 10.5 Å². The van der Waals surface area contributed by atoms with E-state index >= 15 is 0 Å². The van der Waals surface area contributed by atoms with Crippen LogP contribution >= 0.6 is 15.9 Å². The van der Waals surface area contributed by atoms with Gasteiger partial charge in [0.05, 0.1) is 9.40 Å². The lowest BCUT2D eigenvalue weighted by molar-refractivity contribution is -0.385. The fraction of sp³-hybridized carbons (Fsp3) is 0. The third-order valence-electron chi connectivity index (χ3n) is 2.23. The molecule has 0 radical (unpaired) electrons. The summed E-state index contributed by atoms with van der Waals surface area (Å²) in [6, 6.07) is 5.79. The zero-order chi connectivity index (χ0) is 12.6. The normalized spacial score (nSPS) is 10.1. The second-order valence-electron chi connectivity index (χ2n) is 3.27. The molecule has 1 aromatic carbocycles. The number of rotatable bonds is 1. The summed E-state index contributed by atoms with van der Waals surface area (Å²) in [6.07, 6.45) is 0. The lowest BCUT2D eigenvalue weighted by Crippen LogP contribution is -2.09. The van der Waals surface area contributed by atoms with E-state index in [1.54, 1.807) is 6.07 Å². The van der Waals surface area contributed by atoms with E-state index in [1.807, 2.05) is 0 Å². The number of fused-ring (bicyclic) bond motifs is 1. The van der Waals surface area contributed by atoms with E-state index in [1.165, 1.54) is 18.2 Å². The Morgan fingerprint density at radius 1 is 1.41 bits per heavy atom. The molecule has 84 valence electrons. The molecule has 0 aliphatic heterocycles. The van der Waals surface area contributed by atoms with Crippen LogP contribution in [0.25, 0.3) is 10.9 Å². The maximum absolute atomic E-state index is 11.4. The quantitative estimate of drug-likeness (QED) is 0.642. The average molecular weight is 294 g/mol. The van der Waals surface area contributed by atoms with Crippen LogP contribution in [0, 0.1) is 21.4 Å². The Morgan fingerprint density at radius 3 is 2.71 bits per heavy atom. The molecule has 0 unspecified atom stereocenters. The van der Waals surface area contributed by atoms with Gasteiger partial charge in [-0.25, -0.2) is 0 Å². The number of H-pyrrole nitrogens is 1. The largest absolute Gasteiger partial charge is 0.321 e. The number of nitrogens with zero attached hydrogens (tertiary/aromatic N) is 2. The van der Waals surface area contributed by atoms with Gasteiger partial charge in [0.2, 0.25) is 0 Å². The Kier molecular flexibility index (Phi) is 2.65. The van der Waals surface area contributed by atoms with Gasteiger partial charge in [0.15, 0.2) is 0 Å². The van der Waals surface area contributed by atoms with E-state index in [4.69, 9.17) is 5.26 Å². The molecule has 6 nitrogen and oxygen atoms in total. The van der Waals surface area contributed by atoms with Gasteiger partial charge in [0.25, 0.3) is 11.2 Å². The minimum absolute atomic E-state index is 0.0749. The predicted octanol–water partition coefficient (Wildman–Crippen LogP) is 2.07. The Labute approximate surface area is 103 Å². The average Bonchev–Trinajstić information content (AvgIpc) is 2.27. The Bertz CT molecular complexity index is 730. The summed E-state index contributed by atoms with van der Waals surface area (Å²) in [6.45, 7) is 0. The van der Waals surface area contributed by atoms with Crippen molar-refractivity contribution in [3.05, 3.63) is 48.7 Å². The molecule has 0 saturated carbocycles. The summed E-state index contributed by atoms with van der Waals surface area (Å²) >= 11 is 3.05. The fourth-order valence-corrected chi connectivity index (χ4v) is 1.93. The fourth-order valence-electron chi connectivity index (χ4n) is 1.44. The summed E-state index contributed by atoms with van der Waals surface area (Å²) in [5, 5.41) is 19.9. The maximum atomic E-state index is 11.4. The van der Waals surface area contributed by atoms with Crippen LogP contribution in [-0.4, -0.2) is 9.91 Å². The number of aromatic amines is 1. The first-order valence-electron chi connectivity index (χ1n) is 4.44. The van der Waals surface area contributed by atoms with Crippen LogP contribution in [0.4, 0.5) is 5.69 Å². The lowest BCUT2D eigenvalue weighted by Gasteiger charge is -2.00. The molecule has 0 saturated heterocycles. The highest BCUT2D eigenvalue weighted by molar-refractivity contribution is 9.10. The van der Waals surface area contributed by atoms with Gasteiger partial charge in [-0.2, -0.15) is 5.26 Å². The maximum Gasteiger partial charge on any atom is 0.284 e. The van der Waals surface area contributed by atoms with Gasteiger partial charge in [-0.3, -0.25) is 14.9 Å². The minimum Gasteiger partial charge on any atom is -0.321 e. The predicted molar refractivity (Wildman–Crippen MR) is 63.6 cm³/mol. The standard InChI is InChI=1S/C10H4BrN3O3/c11-7-3-8-5(2-9(7)14(16)17)1-6(4-12)10(15)13-8/h1-3H,(H,13,15). The van der Waals surface area contributed by atoms with Crippen LogP contribution in [-0.2, 0) is 0 Å². The molecule has 0 amide bonds. The highest BCUT2D eigenvalue weighted by Gasteiger charge is 2.14.